The van der Waals surface area contributed by atoms with E-state index in [1.54, 1.807) is 36.8 Å². The molecule has 8 heteroatoms. The lowest BCUT2D eigenvalue weighted by Crippen LogP contribution is -2.25. The molecule has 0 atom stereocenters. The van der Waals surface area contributed by atoms with Gasteiger partial charge in [0.1, 0.15) is 17.5 Å². The van der Waals surface area contributed by atoms with Crippen LogP contribution >= 0.6 is 0 Å². The molecule has 34 heavy (non-hydrogen) atoms. The maximum atomic E-state index is 13.5. The van der Waals surface area contributed by atoms with Crippen LogP contribution < -0.4 is 16.0 Å². The molecule has 1 amide bonds. The van der Waals surface area contributed by atoms with Crippen LogP contribution in [0.5, 0.6) is 0 Å². The molecule has 0 saturated heterocycles. The van der Waals surface area contributed by atoms with E-state index in [1.165, 1.54) is 12.1 Å². The fourth-order valence-electron chi connectivity index (χ4n) is 3.36. The summed E-state index contributed by atoms with van der Waals surface area (Å²) in [6, 6.07) is 19.4. The Labute approximate surface area is 197 Å². The first-order valence-corrected chi connectivity index (χ1v) is 11.0. The molecule has 0 saturated carbocycles. The SMILES string of the molecule is O=C(NCc1cccnc1)c1ccc(NCc2ccccn2)nc1NCCc1cccc(F)c1. The second-order valence-corrected chi connectivity index (χ2v) is 7.62. The summed E-state index contributed by atoms with van der Waals surface area (Å²) in [6.07, 6.45) is 5.72. The van der Waals surface area contributed by atoms with Crippen molar-refractivity contribution in [2.45, 2.75) is 19.5 Å². The van der Waals surface area contributed by atoms with Crippen molar-refractivity contribution < 1.29 is 9.18 Å². The third-order valence-corrected chi connectivity index (χ3v) is 5.09. The summed E-state index contributed by atoms with van der Waals surface area (Å²) in [7, 11) is 0. The van der Waals surface area contributed by atoms with Gasteiger partial charge >= 0.3 is 0 Å². The first kappa shape index (κ1) is 22.8. The van der Waals surface area contributed by atoms with Gasteiger partial charge in [0.05, 0.1) is 17.8 Å². The summed E-state index contributed by atoms with van der Waals surface area (Å²) >= 11 is 0. The maximum Gasteiger partial charge on any atom is 0.255 e. The second-order valence-electron chi connectivity index (χ2n) is 7.62. The average molecular weight is 457 g/mol. The normalized spacial score (nSPS) is 10.5. The third-order valence-electron chi connectivity index (χ3n) is 5.09. The van der Waals surface area contributed by atoms with Crippen LogP contribution in [0.2, 0.25) is 0 Å². The van der Waals surface area contributed by atoms with Crippen LogP contribution in [0, 0.1) is 5.82 Å². The number of carbonyl (C=O) groups excluding carboxylic acids is 1. The van der Waals surface area contributed by atoms with E-state index in [2.05, 4.69) is 30.9 Å². The van der Waals surface area contributed by atoms with Crippen LogP contribution in [0.1, 0.15) is 27.2 Å². The van der Waals surface area contributed by atoms with E-state index >= 15 is 0 Å². The molecule has 0 fully saturated rings. The summed E-state index contributed by atoms with van der Waals surface area (Å²) in [5.74, 6) is 0.543. The van der Waals surface area contributed by atoms with Crippen molar-refractivity contribution >= 4 is 17.5 Å². The largest absolute Gasteiger partial charge is 0.369 e. The van der Waals surface area contributed by atoms with Gasteiger partial charge in [-0.2, -0.15) is 0 Å². The molecule has 0 aliphatic rings. The zero-order chi connectivity index (χ0) is 23.6. The van der Waals surface area contributed by atoms with E-state index in [1.807, 2.05) is 36.4 Å². The fourth-order valence-corrected chi connectivity index (χ4v) is 3.36. The van der Waals surface area contributed by atoms with Crippen molar-refractivity contribution in [3.8, 4) is 0 Å². The number of hydrogen-bond donors (Lipinski definition) is 3. The van der Waals surface area contributed by atoms with Crippen LogP contribution in [0.4, 0.5) is 16.0 Å². The highest BCUT2D eigenvalue weighted by molar-refractivity contribution is 5.99. The van der Waals surface area contributed by atoms with Gasteiger partial charge in [-0.25, -0.2) is 9.37 Å². The van der Waals surface area contributed by atoms with Gasteiger partial charge in [0.25, 0.3) is 5.91 Å². The standard InChI is InChI=1S/C26H25FN6O/c27-21-7-3-5-19(15-21)11-14-30-25-23(26(34)32-17-20-6-4-12-28-16-20)9-10-24(33-25)31-18-22-8-1-2-13-29-22/h1-10,12-13,15-16H,11,14,17-18H2,(H,32,34)(H2,30,31,33). The van der Waals surface area contributed by atoms with Crippen molar-refractivity contribution in [2.24, 2.45) is 0 Å². The van der Waals surface area contributed by atoms with Crippen LogP contribution in [0.3, 0.4) is 0 Å². The number of halogens is 1. The predicted molar refractivity (Wildman–Crippen MR) is 130 cm³/mol. The highest BCUT2D eigenvalue weighted by atomic mass is 19.1. The molecule has 3 N–H and O–H groups in total. The summed E-state index contributed by atoms with van der Waals surface area (Å²) < 4.78 is 13.5. The van der Waals surface area contributed by atoms with Gasteiger partial charge in [-0.05, 0) is 60.0 Å². The Morgan fingerprint density at radius 3 is 2.59 bits per heavy atom. The summed E-state index contributed by atoms with van der Waals surface area (Å²) in [4.78, 5) is 25.9. The van der Waals surface area contributed by atoms with Crippen molar-refractivity contribution in [1.29, 1.82) is 0 Å². The maximum absolute atomic E-state index is 13.5. The first-order chi connectivity index (χ1) is 16.7. The lowest BCUT2D eigenvalue weighted by Gasteiger charge is -2.14. The van der Waals surface area contributed by atoms with Crippen molar-refractivity contribution in [3.05, 3.63) is 114 Å². The Morgan fingerprint density at radius 1 is 0.882 bits per heavy atom. The minimum Gasteiger partial charge on any atom is -0.369 e. The van der Waals surface area contributed by atoms with Gasteiger partial charge in [-0.15, -0.1) is 0 Å². The molecule has 4 aromatic rings. The van der Waals surface area contributed by atoms with Crippen LogP contribution in [-0.2, 0) is 19.5 Å². The molecule has 0 bridgehead atoms. The zero-order valence-electron chi connectivity index (χ0n) is 18.5. The van der Waals surface area contributed by atoms with Gasteiger partial charge in [0.15, 0.2) is 0 Å². The number of nitrogens with one attached hydrogen (secondary N) is 3. The van der Waals surface area contributed by atoms with Gasteiger partial charge in [-0.3, -0.25) is 14.8 Å². The zero-order valence-corrected chi connectivity index (χ0v) is 18.5. The lowest BCUT2D eigenvalue weighted by atomic mass is 10.1. The molecular formula is C26H25FN6O. The van der Waals surface area contributed by atoms with Gasteiger partial charge in [0, 0.05) is 31.7 Å². The Hall–Kier alpha value is -4.33. The van der Waals surface area contributed by atoms with E-state index in [0.29, 0.717) is 43.3 Å². The molecule has 0 radical (unpaired) electrons. The van der Waals surface area contributed by atoms with Crippen LogP contribution in [-0.4, -0.2) is 27.4 Å². The molecule has 0 aliphatic heterocycles. The predicted octanol–water partition coefficient (Wildman–Crippen LogP) is 4.21. The number of benzene rings is 1. The highest BCUT2D eigenvalue weighted by Gasteiger charge is 2.14. The van der Waals surface area contributed by atoms with Gasteiger partial charge in [0.2, 0.25) is 0 Å². The summed E-state index contributed by atoms with van der Waals surface area (Å²) in [5, 5.41) is 9.38. The highest BCUT2D eigenvalue weighted by Crippen LogP contribution is 2.18. The molecule has 3 aromatic heterocycles. The number of anilines is 2. The van der Waals surface area contributed by atoms with E-state index in [4.69, 9.17) is 0 Å². The fraction of sp³-hybridized carbons (Fsp3) is 0.154. The minimum atomic E-state index is -0.271. The Bertz CT molecular complexity index is 1220. The number of hydrogen-bond acceptors (Lipinski definition) is 6. The van der Waals surface area contributed by atoms with Gasteiger partial charge in [-0.1, -0.05) is 24.3 Å². The number of nitrogens with zero attached hydrogens (tertiary/aromatic N) is 3. The van der Waals surface area contributed by atoms with Crippen LogP contribution in [0.15, 0.2) is 85.3 Å². The Morgan fingerprint density at radius 2 is 1.79 bits per heavy atom. The number of amides is 1. The number of rotatable bonds is 10. The Kier molecular flexibility index (Phi) is 7.74. The molecular weight excluding hydrogens is 431 g/mol. The minimum absolute atomic E-state index is 0.249. The van der Waals surface area contributed by atoms with Crippen molar-refractivity contribution in [2.75, 3.05) is 17.2 Å². The molecule has 0 unspecified atom stereocenters. The van der Waals surface area contributed by atoms with E-state index in [0.717, 1.165) is 16.8 Å². The average Bonchev–Trinajstić information content (AvgIpc) is 2.87. The topological polar surface area (TPSA) is 91.8 Å². The smallest absolute Gasteiger partial charge is 0.255 e. The lowest BCUT2D eigenvalue weighted by molar-refractivity contribution is 0.0951. The number of carbonyl (C=O) groups is 1. The molecule has 0 aliphatic carbocycles. The third kappa shape index (κ3) is 6.59. The van der Waals surface area contributed by atoms with E-state index < -0.39 is 0 Å². The monoisotopic (exact) mass is 456 g/mol. The summed E-state index contributed by atoms with van der Waals surface area (Å²) in [6.45, 7) is 1.35. The summed E-state index contributed by atoms with van der Waals surface area (Å²) in [5.41, 5.74) is 3.06. The van der Waals surface area contributed by atoms with Crippen molar-refractivity contribution in [3.63, 3.8) is 0 Å². The molecule has 3 heterocycles. The molecule has 4 rings (SSSR count). The van der Waals surface area contributed by atoms with Crippen LogP contribution in [0.25, 0.3) is 0 Å². The molecule has 0 spiro atoms. The van der Waals surface area contributed by atoms with E-state index in [-0.39, 0.29) is 11.7 Å². The van der Waals surface area contributed by atoms with Crippen molar-refractivity contribution in [1.82, 2.24) is 20.3 Å². The molecule has 172 valence electrons. The number of aromatic nitrogens is 3. The van der Waals surface area contributed by atoms with Gasteiger partial charge < -0.3 is 16.0 Å². The quantitative estimate of drug-likeness (QED) is 0.331. The molecule has 7 nitrogen and oxygen atoms in total. The second kappa shape index (κ2) is 11.5. The first-order valence-electron chi connectivity index (χ1n) is 11.0. The Balaban J connectivity index is 1.46. The molecule has 1 aromatic carbocycles. The van der Waals surface area contributed by atoms with E-state index in [9.17, 15) is 9.18 Å². The number of pyridine rings is 3.